The Labute approximate surface area is 189 Å². The number of allylic oxidation sites excluding steroid dienone is 1. The van der Waals surface area contributed by atoms with E-state index in [1.165, 1.54) is 7.05 Å². The van der Waals surface area contributed by atoms with Gasteiger partial charge in [-0.1, -0.05) is 18.2 Å². The second-order valence-corrected chi connectivity index (χ2v) is 7.95. The minimum absolute atomic E-state index is 0.224. The lowest BCUT2D eigenvalue weighted by atomic mass is 10.0. The van der Waals surface area contributed by atoms with Crippen LogP contribution in [0.3, 0.4) is 0 Å². The summed E-state index contributed by atoms with van der Waals surface area (Å²) in [4.78, 5) is 24.9. The minimum Gasteiger partial charge on any atom is -0.490 e. The molecule has 7 heteroatoms. The van der Waals surface area contributed by atoms with Crippen molar-refractivity contribution in [3.8, 4) is 11.5 Å². The van der Waals surface area contributed by atoms with Crippen molar-refractivity contribution in [3.05, 3.63) is 75.0 Å². The van der Waals surface area contributed by atoms with Gasteiger partial charge in [-0.2, -0.15) is 0 Å². The van der Waals surface area contributed by atoms with Gasteiger partial charge in [0.2, 0.25) is 0 Å². The maximum absolute atomic E-state index is 12.2. The molecule has 1 N–H and O–H groups in total. The highest BCUT2D eigenvalue weighted by Gasteiger charge is 2.30. The predicted octanol–water partition coefficient (Wildman–Crippen LogP) is 4.52. The van der Waals surface area contributed by atoms with Crippen molar-refractivity contribution in [1.82, 2.24) is 10.2 Å². The standard InChI is InChI=1S/C23H23IN2O4/c1-4-6-17-11-16(12-19-22(27)26(3)23(28)25-19)13-20(29-5-2)21(17)30-14-15-7-9-18(24)10-8-15/h4,7-13H,1,5-6,14H2,2-3H3,(H,25,28)/b19-12+. The lowest BCUT2D eigenvalue weighted by Gasteiger charge is -2.17. The summed E-state index contributed by atoms with van der Waals surface area (Å²) in [5.41, 5.74) is 2.90. The summed E-state index contributed by atoms with van der Waals surface area (Å²) in [5.74, 6) is 0.859. The van der Waals surface area contributed by atoms with Crippen molar-refractivity contribution >= 4 is 40.6 Å². The molecule has 3 amide bonds. The zero-order chi connectivity index (χ0) is 21.7. The van der Waals surface area contributed by atoms with E-state index < -0.39 is 6.03 Å². The van der Waals surface area contributed by atoms with E-state index in [1.807, 2.05) is 43.3 Å². The van der Waals surface area contributed by atoms with Gasteiger partial charge in [0.1, 0.15) is 12.3 Å². The quantitative estimate of drug-likeness (QED) is 0.242. The van der Waals surface area contributed by atoms with E-state index in [0.29, 0.717) is 31.1 Å². The van der Waals surface area contributed by atoms with E-state index in [0.717, 1.165) is 25.2 Å². The largest absolute Gasteiger partial charge is 0.490 e. The zero-order valence-corrected chi connectivity index (χ0v) is 19.1. The summed E-state index contributed by atoms with van der Waals surface area (Å²) in [6.45, 7) is 6.60. The van der Waals surface area contributed by atoms with E-state index in [2.05, 4.69) is 34.5 Å². The molecule has 1 fully saturated rings. The summed E-state index contributed by atoms with van der Waals surface area (Å²) >= 11 is 2.27. The number of imide groups is 1. The molecule has 0 saturated carbocycles. The second kappa shape index (κ2) is 9.80. The summed E-state index contributed by atoms with van der Waals surface area (Å²) in [7, 11) is 1.44. The summed E-state index contributed by atoms with van der Waals surface area (Å²) in [6.07, 6.45) is 4.00. The average Bonchev–Trinajstić information content (AvgIpc) is 2.96. The number of nitrogens with one attached hydrogen (secondary N) is 1. The minimum atomic E-state index is -0.444. The van der Waals surface area contributed by atoms with Crippen LogP contribution in [0.1, 0.15) is 23.6 Å². The fourth-order valence-corrected chi connectivity index (χ4v) is 3.39. The van der Waals surface area contributed by atoms with Crippen LogP contribution in [0.25, 0.3) is 6.08 Å². The Hall–Kier alpha value is -2.81. The van der Waals surface area contributed by atoms with Crippen LogP contribution < -0.4 is 14.8 Å². The van der Waals surface area contributed by atoms with Crippen molar-refractivity contribution in [2.24, 2.45) is 0 Å². The third kappa shape index (κ3) is 5.02. The number of hydrogen-bond acceptors (Lipinski definition) is 4. The number of nitrogens with zero attached hydrogens (tertiary/aromatic N) is 1. The number of likely N-dealkylation sites (N-methyl/N-ethyl adjacent to an activating group) is 1. The van der Waals surface area contributed by atoms with Crippen LogP contribution in [0, 0.1) is 3.57 Å². The molecular formula is C23H23IN2O4. The number of carbonyl (C=O) groups excluding carboxylic acids is 2. The first-order valence-electron chi connectivity index (χ1n) is 9.51. The molecule has 0 bridgehead atoms. The summed E-state index contributed by atoms with van der Waals surface area (Å²) in [5, 5.41) is 2.58. The molecule has 0 aromatic heterocycles. The van der Waals surface area contributed by atoms with Gasteiger partial charge in [-0.15, -0.1) is 6.58 Å². The maximum atomic E-state index is 12.2. The Bertz CT molecular complexity index is 999. The SMILES string of the molecule is C=CCc1cc(/C=C2/NC(=O)N(C)C2=O)cc(OCC)c1OCc1ccc(I)cc1. The van der Waals surface area contributed by atoms with Crippen LogP contribution in [0.4, 0.5) is 4.79 Å². The van der Waals surface area contributed by atoms with Crippen molar-refractivity contribution in [3.63, 3.8) is 0 Å². The van der Waals surface area contributed by atoms with Gasteiger partial charge in [0.15, 0.2) is 11.5 Å². The third-order valence-corrected chi connectivity index (χ3v) is 5.23. The van der Waals surface area contributed by atoms with E-state index in [1.54, 1.807) is 12.2 Å². The van der Waals surface area contributed by atoms with Gasteiger partial charge >= 0.3 is 6.03 Å². The van der Waals surface area contributed by atoms with Crippen LogP contribution >= 0.6 is 22.6 Å². The molecule has 1 aliphatic heterocycles. The molecule has 0 spiro atoms. The molecule has 0 radical (unpaired) electrons. The molecule has 1 aliphatic rings. The maximum Gasteiger partial charge on any atom is 0.328 e. The number of urea groups is 1. The third-order valence-electron chi connectivity index (χ3n) is 4.51. The van der Waals surface area contributed by atoms with Gasteiger partial charge in [0.05, 0.1) is 6.61 Å². The van der Waals surface area contributed by atoms with Gasteiger partial charge in [-0.05, 0) is 77.4 Å². The second-order valence-electron chi connectivity index (χ2n) is 6.70. The van der Waals surface area contributed by atoms with Crippen LogP contribution in [0.2, 0.25) is 0 Å². The lowest BCUT2D eigenvalue weighted by Crippen LogP contribution is -2.25. The molecule has 2 aromatic carbocycles. The molecule has 6 nitrogen and oxygen atoms in total. The molecule has 30 heavy (non-hydrogen) atoms. The molecule has 1 saturated heterocycles. The molecule has 0 unspecified atom stereocenters. The molecule has 3 rings (SSSR count). The van der Waals surface area contributed by atoms with E-state index in [9.17, 15) is 9.59 Å². The van der Waals surface area contributed by atoms with Crippen molar-refractivity contribution in [2.75, 3.05) is 13.7 Å². The molecule has 0 atom stereocenters. The number of carbonyl (C=O) groups is 2. The van der Waals surface area contributed by atoms with Gasteiger partial charge in [-0.25, -0.2) is 4.79 Å². The zero-order valence-electron chi connectivity index (χ0n) is 16.9. The van der Waals surface area contributed by atoms with E-state index in [4.69, 9.17) is 9.47 Å². The molecule has 1 heterocycles. The first-order chi connectivity index (χ1) is 14.4. The normalized spacial score (nSPS) is 14.8. The number of hydrogen-bond donors (Lipinski definition) is 1. The van der Waals surface area contributed by atoms with Crippen LogP contribution in [0.5, 0.6) is 11.5 Å². The van der Waals surface area contributed by atoms with Gasteiger partial charge in [0, 0.05) is 16.2 Å². The predicted molar refractivity (Wildman–Crippen MR) is 124 cm³/mol. The monoisotopic (exact) mass is 518 g/mol. The Morgan fingerprint density at radius 2 is 1.90 bits per heavy atom. The molecule has 2 aromatic rings. The Kier molecular flexibility index (Phi) is 7.15. The highest BCUT2D eigenvalue weighted by atomic mass is 127. The van der Waals surface area contributed by atoms with Gasteiger partial charge in [-0.3, -0.25) is 9.69 Å². The smallest absolute Gasteiger partial charge is 0.328 e. The van der Waals surface area contributed by atoms with Crippen LogP contribution in [0.15, 0.2) is 54.8 Å². The Balaban J connectivity index is 1.95. The van der Waals surface area contributed by atoms with Crippen molar-refractivity contribution < 1.29 is 19.1 Å². The number of rotatable bonds is 8. The first kappa shape index (κ1) is 21.9. The topological polar surface area (TPSA) is 67.9 Å². The Morgan fingerprint density at radius 1 is 1.17 bits per heavy atom. The van der Waals surface area contributed by atoms with Crippen LogP contribution in [-0.2, 0) is 17.8 Å². The fourth-order valence-electron chi connectivity index (χ4n) is 3.03. The molecule has 156 valence electrons. The lowest BCUT2D eigenvalue weighted by molar-refractivity contribution is -0.121. The van der Waals surface area contributed by atoms with Crippen LogP contribution in [-0.4, -0.2) is 30.5 Å². The Morgan fingerprint density at radius 3 is 2.50 bits per heavy atom. The molecular weight excluding hydrogens is 495 g/mol. The van der Waals surface area contributed by atoms with Crippen molar-refractivity contribution in [2.45, 2.75) is 20.0 Å². The number of ether oxygens (including phenoxy) is 2. The summed E-state index contributed by atoms with van der Waals surface area (Å²) in [6, 6.07) is 11.4. The number of benzene rings is 2. The average molecular weight is 518 g/mol. The van der Waals surface area contributed by atoms with Gasteiger partial charge in [0.25, 0.3) is 5.91 Å². The van der Waals surface area contributed by atoms with Crippen molar-refractivity contribution in [1.29, 1.82) is 0 Å². The number of halogens is 1. The number of amides is 3. The highest BCUT2D eigenvalue weighted by Crippen LogP contribution is 2.35. The summed E-state index contributed by atoms with van der Waals surface area (Å²) < 4.78 is 13.1. The first-order valence-corrected chi connectivity index (χ1v) is 10.6. The van der Waals surface area contributed by atoms with Gasteiger partial charge < -0.3 is 14.8 Å². The fraction of sp³-hybridized carbons (Fsp3) is 0.217. The van der Waals surface area contributed by atoms with E-state index >= 15 is 0 Å². The van der Waals surface area contributed by atoms with E-state index in [-0.39, 0.29) is 11.6 Å². The highest BCUT2D eigenvalue weighted by molar-refractivity contribution is 14.1. The molecule has 0 aliphatic carbocycles.